The molecule has 2 rings (SSSR count). The predicted molar refractivity (Wildman–Crippen MR) is 64.4 cm³/mol. The molecular weight excluding hydrogens is 200 g/mol. The Morgan fingerprint density at radius 3 is 2.81 bits per heavy atom. The average Bonchev–Trinajstić information content (AvgIpc) is 2.77. The van der Waals surface area contributed by atoms with E-state index in [-0.39, 0.29) is 12.7 Å². The fraction of sp³-hybridized carbons (Fsp3) is 0.571. The largest absolute Gasteiger partial charge is 0.396 e. The summed E-state index contributed by atoms with van der Waals surface area (Å²) in [6.45, 7) is 3.29. The lowest BCUT2D eigenvalue weighted by molar-refractivity contribution is 0.0615. The summed E-state index contributed by atoms with van der Waals surface area (Å²) < 4.78 is 5.69. The molecule has 0 amide bonds. The molecule has 1 aliphatic rings. The molecule has 88 valence electrons. The molecule has 16 heavy (non-hydrogen) atoms. The number of benzene rings is 1. The van der Waals surface area contributed by atoms with Gasteiger partial charge >= 0.3 is 0 Å². The molecule has 3 atom stereocenters. The van der Waals surface area contributed by atoms with Crippen LogP contribution in [0.15, 0.2) is 30.3 Å². The molecule has 1 aromatic rings. The maximum Gasteiger partial charge on any atom is 0.0631 e. The number of rotatable bonds is 4. The molecule has 3 unspecified atom stereocenters. The van der Waals surface area contributed by atoms with E-state index >= 15 is 0 Å². The van der Waals surface area contributed by atoms with Crippen LogP contribution in [-0.2, 0) is 4.74 Å². The summed E-state index contributed by atoms with van der Waals surface area (Å²) >= 11 is 0. The van der Waals surface area contributed by atoms with E-state index in [0.29, 0.717) is 11.8 Å². The number of ether oxygens (including phenoxy) is 1. The van der Waals surface area contributed by atoms with E-state index in [9.17, 15) is 5.11 Å². The molecule has 0 aliphatic carbocycles. The van der Waals surface area contributed by atoms with Crippen molar-refractivity contribution in [2.24, 2.45) is 5.92 Å². The van der Waals surface area contributed by atoms with Crippen LogP contribution < -0.4 is 0 Å². The summed E-state index contributed by atoms with van der Waals surface area (Å²) in [5, 5.41) is 9.24. The Labute approximate surface area is 97.3 Å². The minimum absolute atomic E-state index is 0.236. The summed E-state index contributed by atoms with van der Waals surface area (Å²) in [7, 11) is 0. The lowest BCUT2D eigenvalue weighted by atomic mass is 9.90. The molecule has 1 saturated heterocycles. The molecule has 1 heterocycles. The average molecular weight is 220 g/mol. The zero-order valence-corrected chi connectivity index (χ0v) is 9.80. The van der Waals surface area contributed by atoms with Gasteiger partial charge in [-0.2, -0.15) is 0 Å². The SMILES string of the molecule is CC(CC1OCCC1CO)c1ccccc1. The second-order valence-electron chi connectivity index (χ2n) is 4.69. The first kappa shape index (κ1) is 11.6. The van der Waals surface area contributed by atoms with Gasteiger partial charge in [0, 0.05) is 19.1 Å². The fourth-order valence-electron chi connectivity index (χ4n) is 2.43. The molecule has 1 aliphatic heterocycles. The van der Waals surface area contributed by atoms with Crippen LogP contribution in [0.2, 0.25) is 0 Å². The van der Waals surface area contributed by atoms with Crippen LogP contribution >= 0.6 is 0 Å². The van der Waals surface area contributed by atoms with Crippen LogP contribution in [0.3, 0.4) is 0 Å². The fourth-order valence-corrected chi connectivity index (χ4v) is 2.43. The van der Waals surface area contributed by atoms with Crippen molar-refractivity contribution < 1.29 is 9.84 Å². The Bertz CT molecular complexity index is 310. The van der Waals surface area contributed by atoms with E-state index in [1.165, 1.54) is 5.56 Å². The van der Waals surface area contributed by atoms with Crippen molar-refractivity contribution in [1.29, 1.82) is 0 Å². The Morgan fingerprint density at radius 1 is 1.38 bits per heavy atom. The second kappa shape index (κ2) is 5.46. The zero-order valence-electron chi connectivity index (χ0n) is 9.80. The minimum Gasteiger partial charge on any atom is -0.396 e. The molecule has 0 aromatic heterocycles. The first-order valence-corrected chi connectivity index (χ1v) is 6.08. The molecular formula is C14H20O2. The van der Waals surface area contributed by atoms with E-state index in [2.05, 4.69) is 31.2 Å². The maximum absolute atomic E-state index is 9.24. The number of aliphatic hydroxyl groups is 1. The normalized spacial score (nSPS) is 26.9. The molecule has 2 heteroatoms. The third-order valence-electron chi connectivity index (χ3n) is 3.54. The van der Waals surface area contributed by atoms with Crippen LogP contribution in [0.25, 0.3) is 0 Å². The predicted octanol–water partition coefficient (Wildman–Crippen LogP) is 2.58. The minimum atomic E-state index is 0.236. The second-order valence-corrected chi connectivity index (χ2v) is 4.69. The molecule has 0 radical (unpaired) electrons. The molecule has 0 saturated carbocycles. The number of aliphatic hydroxyl groups excluding tert-OH is 1. The van der Waals surface area contributed by atoms with Gasteiger partial charge in [0.15, 0.2) is 0 Å². The monoisotopic (exact) mass is 220 g/mol. The molecule has 0 spiro atoms. The molecule has 1 fully saturated rings. The van der Waals surface area contributed by atoms with E-state index in [1.807, 2.05) is 6.07 Å². The summed E-state index contributed by atoms with van der Waals surface area (Å²) in [6.07, 6.45) is 2.25. The van der Waals surface area contributed by atoms with Gasteiger partial charge in [-0.05, 0) is 24.3 Å². The Kier molecular flexibility index (Phi) is 3.97. The van der Waals surface area contributed by atoms with Gasteiger partial charge in [0.1, 0.15) is 0 Å². The van der Waals surface area contributed by atoms with Gasteiger partial charge in [0.05, 0.1) is 6.10 Å². The Morgan fingerprint density at radius 2 is 2.12 bits per heavy atom. The highest BCUT2D eigenvalue weighted by molar-refractivity contribution is 5.18. The van der Waals surface area contributed by atoms with Crippen molar-refractivity contribution in [2.45, 2.75) is 31.8 Å². The van der Waals surface area contributed by atoms with Crippen molar-refractivity contribution >= 4 is 0 Å². The van der Waals surface area contributed by atoms with Gasteiger partial charge in [-0.3, -0.25) is 0 Å². The van der Waals surface area contributed by atoms with Crippen LogP contribution in [0.5, 0.6) is 0 Å². The van der Waals surface area contributed by atoms with Crippen LogP contribution in [0.4, 0.5) is 0 Å². The van der Waals surface area contributed by atoms with Gasteiger partial charge in [0.2, 0.25) is 0 Å². The molecule has 0 bridgehead atoms. The van der Waals surface area contributed by atoms with Crippen molar-refractivity contribution in [3.8, 4) is 0 Å². The standard InChI is InChI=1S/C14H20O2/c1-11(12-5-3-2-4-6-12)9-14-13(10-15)7-8-16-14/h2-6,11,13-15H,7-10H2,1H3. The number of hydrogen-bond acceptors (Lipinski definition) is 2. The quantitative estimate of drug-likeness (QED) is 0.845. The van der Waals surface area contributed by atoms with Crippen LogP contribution in [0, 0.1) is 5.92 Å². The first-order chi connectivity index (χ1) is 7.81. The van der Waals surface area contributed by atoms with Crippen molar-refractivity contribution in [3.63, 3.8) is 0 Å². The topological polar surface area (TPSA) is 29.5 Å². The van der Waals surface area contributed by atoms with Gasteiger partial charge in [0.25, 0.3) is 0 Å². The van der Waals surface area contributed by atoms with Gasteiger partial charge in [-0.1, -0.05) is 37.3 Å². The van der Waals surface area contributed by atoms with E-state index in [0.717, 1.165) is 19.4 Å². The van der Waals surface area contributed by atoms with Crippen molar-refractivity contribution in [2.75, 3.05) is 13.2 Å². The highest BCUT2D eigenvalue weighted by Crippen LogP contribution is 2.29. The summed E-state index contributed by atoms with van der Waals surface area (Å²) in [6, 6.07) is 10.5. The molecule has 2 nitrogen and oxygen atoms in total. The van der Waals surface area contributed by atoms with Gasteiger partial charge in [-0.15, -0.1) is 0 Å². The highest BCUT2D eigenvalue weighted by Gasteiger charge is 2.28. The van der Waals surface area contributed by atoms with Crippen LogP contribution in [0.1, 0.15) is 31.2 Å². The summed E-state index contributed by atoms with van der Waals surface area (Å²) in [5.74, 6) is 0.838. The van der Waals surface area contributed by atoms with Crippen molar-refractivity contribution in [3.05, 3.63) is 35.9 Å². The third kappa shape index (κ3) is 2.63. The van der Waals surface area contributed by atoms with Crippen molar-refractivity contribution in [1.82, 2.24) is 0 Å². The maximum atomic E-state index is 9.24. The Hall–Kier alpha value is -0.860. The summed E-state index contributed by atoms with van der Waals surface area (Å²) in [4.78, 5) is 0. The van der Waals surface area contributed by atoms with Gasteiger partial charge in [-0.25, -0.2) is 0 Å². The lowest BCUT2D eigenvalue weighted by Gasteiger charge is -2.20. The molecule has 1 aromatic carbocycles. The molecule has 1 N–H and O–H groups in total. The van der Waals surface area contributed by atoms with E-state index in [1.54, 1.807) is 0 Å². The van der Waals surface area contributed by atoms with Crippen LogP contribution in [-0.4, -0.2) is 24.4 Å². The Balaban J connectivity index is 1.94. The lowest BCUT2D eigenvalue weighted by Crippen LogP contribution is -2.21. The first-order valence-electron chi connectivity index (χ1n) is 6.08. The number of hydrogen-bond donors (Lipinski definition) is 1. The summed E-state index contributed by atoms with van der Waals surface area (Å²) in [5.41, 5.74) is 1.36. The van der Waals surface area contributed by atoms with Gasteiger partial charge < -0.3 is 9.84 Å². The smallest absolute Gasteiger partial charge is 0.0631 e. The highest BCUT2D eigenvalue weighted by atomic mass is 16.5. The van der Waals surface area contributed by atoms with E-state index in [4.69, 9.17) is 4.74 Å². The van der Waals surface area contributed by atoms with E-state index < -0.39 is 0 Å². The third-order valence-corrected chi connectivity index (χ3v) is 3.54. The zero-order chi connectivity index (χ0) is 11.4.